The lowest BCUT2D eigenvalue weighted by Gasteiger charge is -2.49. The van der Waals surface area contributed by atoms with E-state index in [0.717, 1.165) is 16.7 Å². The van der Waals surface area contributed by atoms with Crippen molar-refractivity contribution in [3.05, 3.63) is 11.3 Å². The number of carboxylic acid groups (broad SMARTS) is 1. The van der Waals surface area contributed by atoms with E-state index in [9.17, 15) is 36.0 Å². The third-order valence-electron chi connectivity index (χ3n) is 3.35. The molecule has 1 fully saturated rings. The Morgan fingerprint density at radius 1 is 1.42 bits per heavy atom. The predicted octanol–water partition coefficient (Wildman–Crippen LogP) is -0.320. The van der Waals surface area contributed by atoms with E-state index in [4.69, 9.17) is 5.11 Å². The fraction of sp³-hybridized carbons (Fsp3) is 0.545. The van der Waals surface area contributed by atoms with Crippen LogP contribution in [-0.2, 0) is 24.2 Å². The molecule has 2 aliphatic rings. The number of nitrogens with zero attached hydrogens (tertiary/aromatic N) is 1. The normalized spacial score (nSPS) is 24.3. The number of thioether (sulfide) groups is 1. The highest BCUT2D eigenvalue weighted by molar-refractivity contribution is 8.00. The Balaban J connectivity index is 2.09. The molecule has 0 aromatic heterocycles. The summed E-state index contributed by atoms with van der Waals surface area (Å²) in [5, 5.41) is 10.2. The number of aliphatic carboxylic acids is 1. The number of carboxylic acids is 1. The van der Waals surface area contributed by atoms with Gasteiger partial charge in [-0.1, -0.05) is 0 Å². The first kappa shape index (κ1) is 18.6. The van der Waals surface area contributed by atoms with Crippen LogP contribution in [-0.4, -0.2) is 64.6 Å². The van der Waals surface area contributed by atoms with Crippen LogP contribution in [0.4, 0.5) is 13.2 Å². The molecule has 2 heterocycles. The maximum Gasteiger partial charge on any atom is 0.497 e. The molecule has 0 bridgehead atoms. The van der Waals surface area contributed by atoms with Gasteiger partial charge in [0, 0.05) is 5.75 Å². The highest BCUT2D eigenvalue weighted by Crippen LogP contribution is 2.40. The van der Waals surface area contributed by atoms with Crippen molar-refractivity contribution in [3.8, 4) is 0 Å². The second-order valence-corrected chi connectivity index (χ2v) is 8.18. The van der Waals surface area contributed by atoms with Crippen LogP contribution < -0.4 is 5.32 Å². The molecule has 0 aliphatic carbocycles. The Hall–Kier alpha value is -1.76. The van der Waals surface area contributed by atoms with Gasteiger partial charge in [0.1, 0.15) is 22.9 Å². The fourth-order valence-electron chi connectivity index (χ4n) is 2.24. The molecule has 0 spiro atoms. The summed E-state index contributed by atoms with van der Waals surface area (Å²) >= 11 is 1.12. The number of carbonyl (C=O) groups is 3. The summed E-state index contributed by atoms with van der Waals surface area (Å²) in [6.07, 6.45) is 0. The molecular weight excluding hydrogens is 377 g/mol. The lowest BCUT2D eigenvalue weighted by molar-refractivity contribution is -0.150. The first-order chi connectivity index (χ1) is 10.9. The Kier molecular flexibility index (Phi) is 4.61. The smallest absolute Gasteiger partial charge is 0.477 e. The van der Waals surface area contributed by atoms with Gasteiger partial charge < -0.3 is 10.4 Å². The van der Waals surface area contributed by atoms with Crippen molar-refractivity contribution < 1.29 is 41.1 Å². The van der Waals surface area contributed by atoms with Gasteiger partial charge in [0.25, 0.3) is 15.7 Å². The Morgan fingerprint density at radius 2 is 2.00 bits per heavy atom. The summed E-state index contributed by atoms with van der Waals surface area (Å²) < 4.78 is 58.6. The number of nitrogens with one attached hydrogen (secondary N) is 1. The van der Waals surface area contributed by atoms with E-state index in [1.807, 2.05) is 5.32 Å². The molecule has 0 saturated carbocycles. The molecule has 2 aliphatic heterocycles. The van der Waals surface area contributed by atoms with Gasteiger partial charge in [0.05, 0.1) is 0 Å². The third kappa shape index (κ3) is 3.09. The van der Waals surface area contributed by atoms with Crippen molar-refractivity contribution in [2.24, 2.45) is 0 Å². The fourth-order valence-corrected chi connectivity index (χ4v) is 4.13. The molecule has 2 N–H and O–H groups in total. The first-order valence-corrected chi connectivity index (χ1v) is 9.03. The van der Waals surface area contributed by atoms with Crippen LogP contribution in [0, 0.1) is 0 Å². The molecule has 0 aromatic carbocycles. The van der Waals surface area contributed by atoms with Gasteiger partial charge in [-0.25, -0.2) is 13.2 Å². The standard InChI is InChI=1S/C11H11F3N2O6S2/c1-4-2-23-9-6(8(18)16(9)7(4)10(19)20)15-5(17)3-24(21,22)11(12,13)14/h6,9H,2-3H2,1H3,(H,15,17)(H,19,20)/t6?,9-/m1/s1. The van der Waals surface area contributed by atoms with Gasteiger partial charge in [0.2, 0.25) is 5.91 Å². The van der Waals surface area contributed by atoms with Crippen molar-refractivity contribution in [1.82, 2.24) is 10.2 Å². The molecule has 24 heavy (non-hydrogen) atoms. The average Bonchev–Trinajstić information content (AvgIpc) is 2.42. The number of halogens is 3. The Labute approximate surface area is 138 Å². The molecule has 0 aromatic rings. The van der Waals surface area contributed by atoms with E-state index in [-0.39, 0.29) is 11.4 Å². The van der Waals surface area contributed by atoms with E-state index in [0.29, 0.717) is 5.57 Å². The number of fused-ring (bicyclic) bond motifs is 1. The second kappa shape index (κ2) is 5.95. The van der Waals surface area contributed by atoms with Crippen molar-refractivity contribution in [3.63, 3.8) is 0 Å². The molecule has 2 rings (SSSR count). The maximum atomic E-state index is 12.2. The number of hydrogen-bond donors (Lipinski definition) is 2. The zero-order valence-electron chi connectivity index (χ0n) is 12.0. The van der Waals surface area contributed by atoms with E-state index in [1.54, 1.807) is 0 Å². The Bertz CT molecular complexity index is 745. The lowest BCUT2D eigenvalue weighted by atomic mass is 10.0. The second-order valence-electron chi connectivity index (χ2n) is 5.09. The van der Waals surface area contributed by atoms with Crippen LogP contribution in [0.5, 0.6) is 0 Å². The van der Waals surface area contributed by atoms with Gasteiger partial charge in [-0.2, -0.15) is 13.2 Å². The minimum absolute atomic E-state index is 0.239. The topological polar surface area (TPSA) is 121 Å². The highest BCUT2D eigenvalue weighted by atomic mass is 32.2. The molecule has 0 radical (unpaired) electrons. The number of β-lactam (4-membered cyclic amide) rings is 1. The number of carbonyl (C=O) groups excluding carboxylic acids is 2. The first-order valence-electron chi connectivity index (χ1n) is 6.33. The van der Waals surface area contributed by atoms with Crippen molar-refractivity contribution in [2.45, 2.75) is 23.8 Å². The quantitative estimate of drug-likeness (QED) is 0.633. The summed E-state index contributed by atoms with van der Waals surface area (Å²) in [6, 6.07) is -1.27. The van der Waals surface area contributed by atoms with Gasteiger partial charge in [-0.05, 0) is 12.5 Å². The predicted molar refractivity (Wildman–Crippen MR) is 75.2 cm³/mol. The van der Waals surface area contributed by atoms with E-state index in [1.165, 1.54) is 6.92 Å². The van der Waals surface area contributed by atoms with E-state index < -0.39 is 50.3 Å². The number of hydrogen-bond acceptors (Lipinski definition) is 6. The summed E-state index contributed by atoms with van der Waals surface area (Å²) in [5.41, 5.74) is -5.38. The van der Waals surface area contributed by atoms with Gasteiger partial charge in [-0.15, -0.1) is 11.8 Å². The number of amides is 2. The molecule has 13 heteroatoms. The van der Waals surface area contributed by atoms with Gasteiger partial charge in [0.15, 0.2) is 0 Å². The van der Waals surface area contributed by atoms with Crippen LogP contribution in [0.2, 0.25) is 0 Å². The molecule has 8 nitrogen and oxygen atoms in total. The van der Waals surface area contributed by atoms with Gasteiger partial charge in [-0.3, -0.25) is 14.5 Å². The minimum atomic E-state index is -5.65. The molecule has 134 valence electrons. The monoisotopic (exact) mass is 388 g/mol. The van der Waals surface area contributed by atoms with E-state index >= 15 is 0 Å². The summed E-state index contributed by atoms with van der Waals surface area (Å²) in [7, 11) is -5.65. The third-order valence-corrected chi connectivity index (χ3v) is 6.12. The number of rotatable bonds is 4. The van der Waals surface area contributed by atoms with Crippen LogP contribution in [0.3, 0.4) is 0 Å². The average molecular weight is 388 g/mol. The summed E-state index contributed by atoms with van der Waals surface area (Å²) in [5.74, 6) is -5.21. The van der Waals surface area contributed by atoms with Crippen LogP contribution in [0.25, 0.3) is 0 Å². The largest absolute Gasteiger partial charge is 0.497 e. The van der Waals surface area contributed by atoms with Crippen molar-refractivity contribution >= 4 is 39.4 Å². The summed E-state index contributed by atoms with van der Waals surface area (Å²) in [4.78, 5) is 35.6. The molecule has 2 atom stereocenters. The molecule has 2 amide bonds. The van der Waals surface area contributed by atoms with Crippen molar-refractivity contribution in [2.75, 3.05) is 11.5 Å². The highest BCUT2D eigenvalue weighted by Gasteiger charge is 2.54. The zero-order valence-corrected chi connectivity index (χ0v) is 13.6. The SMILES string of the molecule is CC1=C(C(=O)O)N2C(=O)C(NC(=O)CS(=O)(=O)C(F)(F)F)[C@H]2SC1. The zero-order chi connectivity index (χ0) is 18.4. The van der Waals surface area contributed by atoms with Crippen LogP contribution in [0.1, 0.15) is 6.92 Å². The van der Waals surface area contributed by atoms with Crippen LogP contribution in [0.15, 0.2) is 11.3 Å². The molecular formula is C11H11F3N2O6S2. The molecule has 1 saturated heterocycles. The minimum Gasteiger partial charge on any atom is -0.477 e. The van der Waals surface area contributed by atoms with Crippen molar-refractivity contribution in [1.29, 1.82) is 0 Å². The maximum absolute atomic E-state index is 12.2. The van der Waals surface area contributed by atoms with Crippen LogP contribution >= 0.6 is 11.8 Å². The summed E-state index contributed by atoms with van der Waals surface area (Å²) in [6.45, 7) is 1.52. The van der Waals surface area contributed by atoms with E-state index in [2.05, 4.69) is 0 Å². The lowest BCUT2D eigenvalue weighted by Crippen LogP contribution is -2.70. The Morgan fingerprint density at radius 3 is 2.50 bits per heavy atom. The molecule has 1 unspecified atom stereocenters. The number of alkyl halides is 3. The number of sulfone groups is 1. The van der Waals surface area contributed by atoms with Gasteiger partial charge >= 0.3 is 11.5 Å².